The van der Waals surface area contributed by atoms with Crippen LogP contribution in [0.5, 0.6) is 0 Å². The van der Waals surface area contributed by atoms with E-state index in [2.05, 4.69) is 22.8 Å². The Morgan fingerprint density at radius 2 is 1.91 bits per heavy atom. The van der Waals surface area contributed by atoms with Crippen LogP contribution >= 0.6 is 0 Å². The molecule has 2 aromatic carbocycles. The largest absolute Gasteiger partial charge is 0.355 e. The van der Waals surface area contributed by atoms with Gasteiger partial charge in [-0.1, -0.05) is 17.7 Å². The van der Waals surface area contributed by atoms with E-state index >= 15 is 0 Å². The quantitative estimate of drug-likeness (QED) is 0.902. The lowest BCUT2D eigenvalue weighted by Gasteiger charge is -2.14. The van der Waals surface area contributed by atoms with Crippen LogP contribution in [0.3, 0.4) is 0 Å². The Balaban J connectivity index is 1.94. The fraction of sp³-hybridized carbons (Fsp3) is 0.263. The Labute approximate surface area is 136 Å². The van der Waals surface area contributed by atoms with Gasteiger partial charge >= 0.3 is 0 Å². The van der Waals surface area contributed by atoms with Crippen molar-refractivity contribution in [1.82, 2.24) is 5.32 Å². The van der Waals surface area contributed by atoms with Crippen LogP contribution in [0.15, 0.2) is 36.4 Å². The summed E-state index contributed by atoms with van der Waals surface area (Å²) in [5.41, 5.74) is 4.97. The number of nitrogens with zero attached hydrogens (tertiary/aromatic N) is 1. The number of carbonyl (C=O) groups excluding carboxylic acids is 1. The second-order valence-corrected chi connectivity index (χ2v) is 6.06. The van der Waals surface area contributed by atoms with Gasteiger partial charge in [-0.25, -0.2) is 0 Å². The highest BCUT2D eigenvalue weighted by Gasteiger charge is 2.25. The first-order valence-electron chi connectivity index (χ1n) is 7.76. The molecule has 2 aromatic rings. The molecule has 0 aromatic heterocycles. The molecular formula is C19H19N3O. The van der Waals surface area contributed by atoms with Crippen molar-refractivity contribution < 1.29 is 4.79 Å². The van der Waals surface area contributed by atoms with Gasteiger partial charge in [0.25, 0.3) is 5.91 Å². The van der Waals surface area contributed by atoms with Crippen molar-refractivity contribution in [2.75, 3.05) is 5.32 Å². The van der Waals surface area contributed by atoms with E-state index in [0.717, 1.165) is 24.1 Å². The molecule has 0 unspecified atom stereocenters. The van der Waals surface area contributed by atoms with Crippen molar-refractivity contribution in [3.05, 3.63) is 58.7 Å². The van der Waals surface area contributed by atoms with Gasteiger partial charge in [-0.3, -0.25) is 4.79 Å². The highest BCUT2D eigenvalue weighted by molar-refractivity contribution is 6.01. The smallest absolute Gasteiger partial charge is 0.253 e. The second-order valence-electron chi connectivity index (χ2n) is 6.06. The summed E-state index contributed by atoms with van der Waals surface area (Å²) in [7, 11) is 0. The third-order valence-corrected chi connectivity index (χ3v) is 3.96. The summed E-state index contributed by atoms with van der Waals surface area (Å²) in [4.78, 5) is 12.4. The van der Waals surface area contributed by atoms with Crippen molar-refractivity contribution in [3.8, 4) is 6.07 Å². The van der Waals surface area contributed by atoms with Crippen LogP contribution in [0.1, 0.15) is 39.9 Å². The molecule has 4 nitrogen and oxygen atoms in total. The van der Waals surface area contributed by atoms with Gasteiger partial charge in [-0.15, -0.1) is 0 Å². The van der Waals surface area contributed by atoms with Crippen molar-refractivity contribution in [2.45, 2.75) is 32.7 Å². The van der Waals surface area contributed by atoms with Crippen molar-refractivity contribution >= 4 is 17.3 Å². The van der Waals surface area contributed by atoms with Gasteiger partial charge in [-0.2, -0.15) is 5.26 Å². The number of hydrogen-bond donors (Lipinski definition) is 2. The molecular weight excluding hydrogens is 286 g/mol. The number of anilines is 2. The Morgan fingerprint density at radius 1 is 1.13 bits per heavy atom. The molecule has 0 aliphatic heterocycles. The maximum atomic E-state index is 12.4. The summed E-state index contributed by atoms with van der Waals surface area (Å²) in [5, 5.41) is 15.4. The lowest BCUT2D eigenvalue weighted by atomic mass is 10.1. The number of amides is 1. The molecule has 116 valence electrons. The van der Waals surface area contributed by atoms with Crippen molar-refractivity contribution in [3.63, 3.8) is 0 Å². The summed E-state index contributed by atoms with van der Waals surface area (Å²) in [6, 6.07) is 13.6. The molecule has 0 atom stereocenters. The number of nitriles is 1. The molecule has 4 heteroatoms. The highest BCUT2D eigenvalue weighted by Crippen LogP contribution is 2.27. The lowest BCUT2D eigenvalue weighted by molar-refractivity contribution is 0.0952. The fourth-order valence-electron chi connectivity index (χ4n) is 2.50. The number of rotatable bonds is 4. The lowest BCUT2D eigenvalue weighted by Crippen LogP contribution is -2.26. The Morgan fingerprint density at radius 3 is 2.57 bits per heavy atom. The molecule has 3 rings (SSSR count). The van der Waals surface area contributed by atoms with Gasteiger partial charge in [0.2, 0.25) is 0 Å². The molecule has 2 N–H and O–H groups in total. The Kier molecular flexibility index (Phi) is 4.03. The minimum atomic E-state index is -0.0933. The van der Waals surface area contributed by atoms with Crippen LogP contribution in [0, 0.1) is 25.2 Å². The predicted octanol–water partition coefficient (Wildman–Crippen LogP) is 3.81. The molecule has 0 radical (unpaired) electrons. The molecule has 1 amide bonds. The SMILES string of the molecule is Cc1ccc(Nc2cc(C#N)ccc2C(=O)NC2CC2)c(C)c1. The minimum absolute atomic E-state index is 0.0933. The van der Waals surface area contributed by atoms with E-state index in [4.69, 9.17) is 5.26 Å². The summed E-state index contributed by atoms with van der Waals surface area (Å²) < 4.78 is 0. The average Bonchev–Trinajstić information content (AvgIpc) is 3.33. The van der Waals surface area contributed by atoms with Crippen LogP contribution in [-0.4, -0.2) is 11.9 Å². The molecule has 1 fully saturated rings. The maximum Gasteiger partial charge on any atom is 0.253 e. The Bertz CT molecular complexity index is 801. The first-order valence-corrected chi connectivity index (χ1v) is 7.76. The zero-order valence-corrected chi connectivity index (χ0v) is 13.3. The van der Waals surface area contributed by atoms with E-state index in [9.17, 15) is 4.79 Å². The molecule has 0 saturated heterocycles. The van der Waals surface area contributed by atoms with Gasteiger partial charge in [0.05, 0.1) is 22.9 Å². The summed E-state index contributed by atoms with van der Waals surface area (Å²) in [5.74, 6) is -0.0933. The average molecular weight is 305 g/mol. The van der Waals surface area contributed by atoms with E-state index in [1.165, 1.54) is 5.56 Å². The van der Waals surface area contributed by atoms with Crippen LogP contribution in [0.2, 0.25) is 0 Å². The zero-order chi connectivity index (χ0) is 16.4. The monoisotopic (exact) mass is 305 g/mol. The number of carbonyl (C=O) groups is 1. The molecule has 0 bridgehead atoms. The number of nitrogens with one attached hydrogen (secondary N) is 2. The van der Waals surface area contributed by atoms with E-state index in [1.807, 2.05) is 26.0 Å². The fourth-order valence-corrected chi connectivity index (χ4v) is 2.50. The molecule has 0 heterocycles. The van der Waals surface area contributed by atoms with Crippen molar-refractivity contribution in [1.29, 1.82) is 5.26 Å². The van der Waals surface area contributed by atoms with Gasteiger partial charge < -0.3 is 10.6 Å². The highest BCUT2D eigenvalue weighted by atomic mass is 16.1. The van der Waals surface area contributed by atoms with E-state index < -0.39 is 0 Å². The molecule has 23 heavy (non-hydrogen) atoms. The third kappa shape index (κ3) is 3.51. The maximum absolute atomic E-state index is 12.4. The molecule has 1 saturated carbocycles. The van der Waals surface area contributed by atoms with Crippen LogP contribution in [0.4, 0.5) is 11.4 Å². The standard InChI is InChI=1S/C19H19N3O/c1-12-3-8-17(13(2)9-12)22-18-10-14(11-20)4-7-16(18)19(23)21-15-5-6-15/h3-4,7-10,15,22H,5-6H2,1-2H3,(H,21,23). The van der Waals surface area contributed by atoms with Gasteiger partial charge in [0.15, 0.2) is 0 Å². The Hall–Kier alpha value is -2.80. The molecule has 0 spiro atoms. The van der Waals surface area contributed by atoms with Crippen LogP contribution in [0.25, 0.3) is 0 Å². The topological polar surface area (TPSA) is 64.9 Å². The van der Waals surface area contributed by atoms with Gasteiger partial charge in [0.1, 0.15) is 0 Å². The number of benzene rings is 2. The minimum Gasteiger partial charge on any atom is -0.355 e. The van der Waals surface area contributed by atoms with E-state index in [1.54, 1.807) is 18.2 Å². The molecule has 1 aliphatic rings. The van der Waals surface area contributed by atoms with Gasteiger partial charge in [0, 0.05) is 11.7 Å². The van der Waals surface area contributed by atoms with Crippen LogP contribution in [-0.2, 0) is 0 Å². The molecule has 1 aliphatic carbocycles. The van der Waals surface area contributed by atoms with Gasteiger partial charge in [-0.05, 0) is 56.5 Å². The second kappa shape index (κ2) is 6.13. The van der Waals surface area contributed by atoms with Crippen LogP contribution < -0.4 is 10.6 Å². The first kappa shape index (κ1) is 15.1. The number of hydrogen-bond acceptors (Lipinski definition) is 3. The summed E-state index contributed by atoms with van der Waals surface area (Å²) in [6.45, 7) is 4.06. The summed E-state index contributed by atoms with van der Waals surface area (Å²) >= 11 is 0. The van der Waals surface area contributed by atoms with E-state index in [-0.39, 0.29) is 5.91 Å². The normalized spacial score (nSPS) is 13.3. The third-order valence-electron chi connectivity index (χ3n) is 3.96. The zero-order valence-electron chi connectivity index (χ0n) is 13.3. The number of aryl methyl sites for hydroxylation is 2. The predicted molar refractivity (Wildman–Crippen MR) is 90.8 cm³/mol. The van der Waals surface area contributed by atoms with E-state index in [0.29, 0.717) is 22.9 Å². The first-order chi connectivity index (χ1) is 11.1. The van der Waals surface area contributed by atoms with Crippen molar-refractivity contribution in [2.24, 2.45) is 0 Å². The summed E-state index contributed by atoms with van der Waals surface area (Å²) in [6.07, 6.45) is 2.09.